The van der Waals surface area contributed by atoms with Crippen molar-refractivity contribution < 1.29 is 29.0 Å². The summed E-state index contributed by atoms with van der Waals surface area (Å²) in [5, 5.41) is 12.5. The summed E-state index contributed by atoms with van der Waals surface area (Å²) in [5.74, 6) is 0.436. The average molecular weight is 315 g/mol. The van der Waals surface area contributed by atoms with Gasteiger partial charge < -0.3 is 14.8 Å². The van der Waals surface area contributed by atoms with Gasteiger partial charge in [0.15, 0.2) is 17.3 Å². The summed E-state index contributed by atoms with van der Waals surface area (Å²) in [6.07, 6.45) is 1.29. The molecule has 118 valence electrons. The van der Waals surface area contributed by atoms with Crippen molar-refractivity contribution in [2.75, 3.05) is 6.79 Å². The molecule has 7 nitrogen and oxygen atoms in total. The molecule has 0 unspecified atom stereocenters. The Kier molecular flexibility index (Phi) is 3.84. The summed E-state index contributed by atoms with van der Waals surface area (Å²) in [6, 6.07) is 8.32. The number of hydrogen-bond acceptors (Lipinski definition) is 5. The van der Waals surface area contributed by atoms with Crippen LogP contribution < -0.4 is 19.5 Å². The molecule has 1 aliphatic rings. The zero-order valence-corrected chi connectivity index (χ0v) is 12.4. The van der Waals surface area contributed by atoms with Gasteiger partial charge in [-0.05, 0) is 30.7 Å². The standard InChI is InChI=1S/C16H14N2O5/c1-10(19)12-3-2-6-18(21)15(12)16(20)17-8-11-4-5-13-14(7-11)23-9-22-13/h2-7H,8-9H2,1H3,(H-,17,20,21)/p+1. The summed E-state index contributed by atoms with van der Waals surface area (Å²) in [4.78, 5) is 23.9. The van der Waals surface area contributed by atoms with Crippen molar-refractivity contribution in [3.8, 4) is 11.5 Å². The van der Waals surface area contributed by atoms with Crippen LogP contribution in [0.15, 0.2) is 36.5 Å². The first-order valence-corrected chi connectivity index (χ1v) is 6.98. The molecule has 7 heteroatoms. The molecule has 23 heavy (non-hydrogen) atoms. The Bertz CT molecular complexity index is 788. The fraction of sp³-hybridized carbons (Fsp3) is 0.188. The van der Waals surface area contributed by atoms with Crippen molar-refractivity contribution in [1.82, 2.24) is 5.32 Å². The van der Waals surface area contributed by atoms with Crippen molar-refractivity contribution in [1.29, 1.82) is 0 Å². The molecule has 0 bridgehead atoms. The zero-order valence-electron chi connectivity index (χ0n) is 12.4. The third kappa shape index (κ3) is 2.94. The number of benzene rings is 1. The maximum atomic E-state index is 12.3. The van der Waals surface area contributed by atoms with Crippen LogP contribution in [0.5, 0.6) is 11.5 Å². The molecule has 1 aliphatic heterocycles. The lowest BCUT2D eigenvalue weighted by atomic mass is 10.1. The monoisotopic (exact) mass is 315 g/mol. The lowest BCUT2D eigenvalue weighted by molar-refractivity contribution is -0.905. The van der Waals surface area contributed by atoms with Crippen LogP contribution in [0, 0.1) is 0 Å². The van der Waals surface area contributed by atoms with Crippen LogP contribution in [0.3, 0.4) is 0 Å². The van der Waals surface area contributed by atoms with Gasteiger partial charge in [-0.2, -0.15) is 0 Å². The van der Waals surface area contributed by atoms with Gasteiger partial charge in [0, 0.05) is 17.3 Å². The number of rotatable bonds is 4. The predicted molar refractivity (Wildman–Crippen MR) is 77.6 cm³/mol. The number of hydrogen-bond donors (Lipinski definition) is 2. The van der Waals surface area contributed by atoms with Crippen molar-refractivity contribution in [2.45, 2.75) is 13.5 Å². The lowest BCUT2D eigenvalue weighted by Gasteiger charge is -2.06. The first kappa shape index (κ1) is 14.8. The SMILES string of the molecule is CC(=O)c1ccc[n+](O)c1C(=O)NCc1ccc2c(c1)OCO2. The van der Waals surface area contributed by atoms with E-state index in [0.717, 1.165) is 5.56 Å². The Hall–Kier alpha value is -3.09. The molecule has 0 saturated heterocycles. The highest BCUT2D eigenvalue weighted by atomic mass is 16.7. The molecule has 1 amide bonds. The van der Waals surface area contributed by atoms with E-state index in [9.17, 15) is 14.8 Å². The molecule has 0 fully saturated rings. The molecule has 3 rings (SSSR count). The number of aromatic nitrogens is 1. The topological polar surface area (TPSA) is 88.7 Å². The minimum atomic E-state index is -0.545. The first-order chi connectivity index (χ1) is 11.1. The van der Waals surface area contributed by atoms with Crippen LogP contribution in [0.1, 0.15) is 33.3 Å². The van der Waals surface area contributed by atoms with E-state index in [-0.39, 0.29) is 30.4 Å². The molecule has 2 aromatic rings. The number of pyridine rings is 1. The molecule has 2 N–H and O–H groups in total. The Morgan fingerprint density at radius 1 is 1.26 bits per heavy atom. The molecule has 0 atom stereocenters. The normalized spacial score (nSPS) is 12.0. The second-order valence-corrected chi connectivity index (χ2v) is 5.04. The quantitative estimate of drug-likeness (QED) is 0.500. The molecule has 2 heterocycles. The minimum Gasteiger partial charge on any atom is -0.454 e. The summed E-state index contributed by atoms with van der Waals surface area (Å²) in [5.41, 5.74) is 0.867. The third-order valence-electron chi connectivity index (χ3n) is 3.46. The molecule has 1 aromatic carbocycles. The Morgan fingerprint density at radius 2 is 2.04 bits per heavy atom. The van der Waals surface area contributed by atoms with Crippen LogP contribution in [-0.2, 0) is 6.54 Å². The van der Waals surface area contributed by atoms with Crippen LogP contribution in [0.4, 0.5) is 0 Å². The second-order valence-electron chi connectivity index (χ2n) is 5.04. The third-order valence-corrected chi connectivity index (χ3v) is 3.46. The average Bonchev–Trinajstić information content (AvgIpc) is 2.99. The van der Waals surface area contributed by atoms with Crippen molar-refractivity contribution in [3.05, 3.63) is 53.3 Å². The number of amides is 1. The van der Waals surface area contributed by atoms with Gasteiger partial charge >= 0.3 is 11.6 Å². The molecular formula is C16H15N2O5+. The van der Waals surface area contributed by atoms with Crippen molar-refractivity contribution >= 4 is 11.7 Å². The predicted octanol–water partition coefficient (Wildman–Crippen LogP) is 1.07. The molecular weight excluding hydrogens is 300 g/mol. The highest BCUT2D eigenvalue weighted by Gasteiger charge is 2.27. The highest BCUT2D eigenvalue weighted by Crippen LogP contribution is 2.32. The van der Waals surface area contributed by atoms with Gasteiger partial charge in [-0.15, -0.1) is 0 Å². The van der Waals surface area contributed by atoms with E-state index in [1.807, 2.05) is 0 Å². The molecule has 0 radical (unpaired) electrons. The number of ketones is 1. The van der Waals surface area contributed by atoms with E-state index in [1.165, 1.54) is 25.3 Å². The first-order valence-electron chi connectivity index (χ1n) is 6.98. The smallest absolute Gasteiger partial charge is 0.332 e. The second kappa shape index (κ2) is 5.96. The number of nitrogens with zero attached hydrogens (tertiary/aromatic N) is 1. The Balaban J connectivity index is 1.77. The molecule has 0 aliphatic carbocycles. The maximum Gasteiger partial charge on any atom is 0.332 e. The number of fused-ring (bicyclic) bond motifs is 1. The Morgan fingerprint density at radius 3 is 2.83 bits per heavy atom. The van der Waals surface area contributed by atoms with E-state index in [1.54, 1.807) is 18.2 Å². The van der Waals surface area contributed by atoms with Crippen molar-refractivity contribution in [2.24, 2.45) is 0 Å². The van der Waals surface area contributed by atoms with Gasteiger partial charge in [0.05, 0.1) is 5.56 Å². The van der Waals surface area contributed by atoms with Crippen LogP contribution in [0.25, 0.3) is 0 Å². The van der Waals surface area contributed by atoms with E-state index < -0.39 is 5.91 Å². The molecule has 0 spiro atoms. The van der Waals surface area contributed by atoms with E-state index in [4.69, 9.17) is 9.47 Å². The summed E-state index contributed by atoms with van der Waals surface area (Å²) >= 11 is 0. The number of Topliss-reactive ketones (excluding diaryl/α,β-unsaturated/α-hetero) is 1. The molecule has 0 saturated carbocycles. The van der Waals surface area contributed by atoms with Crippen LogP contribution >= 0.6 is 0 Å². The van der Waals surface area contributed by atoms with Crippen molar-refractivity contribution in [3.63, 3.8) is 0 Å². The van der Waals surface area contributed by atoms with Gasteiger partial charge in [0.1, 0.15) is 0 Å². The fourth-order valence-corrected chi connectivity index (χ4v) is 2.33. The number of ether oxygens (including phenoxy) is 2. The number of carbonyl (C=O) groups is 2. The highest BCUT2D eigenvalue weighted by molar-refractivity contribution is 6.04. The van der Waals surface area contributed by atoms with E-state index >= 15 is 0 Å². The Labute approximate surface area is 132 Å². The van der Waals surface area contributed by atoms with Gasteiger partial charge in [-0.25, -0.2) is 0 Å². The largest absolute Gasteiger partial charge is 0.454 e. The minimum absolute atomic E-state index is 0.0965. The number of carbonyl (C=O) groups excluding carboxylic acids is 2. The summed E-state index contributed by atoms with van der Waals surface area (Å²) < 4.78 is 11.1. The summed E-state index contributed by atoms with van der Waals surface area (Å²) in [7, 11) is 0. The van der Waals surface area contributed by atoms with Gasteiger partial charge in [0.2, 0.25) is 13.0 Å². The molecule has 1 aromatic heterocycles. The fourth-order valence-electron chi connectivity index (χ4n) is 2.33. The van der Waals surface area contributed by atoms with Gasteiger partial charge in [-0.3, -0.25) is 14.8 Å². The zero-order chi connectivity index (χ0) is 16.4. The summed E-state index contributed by atoms with van der Waals surface area (Å²) in [6.45, 7) is 1.74. The van der Waals surface area contributed by atoms with E-state index in [2.05, 4.69) is 5.32 Å². The van der Waals surface area contributed by atoms with E-state index in [0.29, 0.717) is 16.2 Å². The van der Waals surface area contributed by atoms with Crippen LogP contribution in [-0.4, -0.2) is 23.7 Å². The maximum absolute atomic E-state index is 12.3. The van der Waals surface area contributed by atoms with Gasteiger partial charge in [0.25, 0.3) is 0 Å². The van der Waals surface area contributed by atoms with Crippen LogP contribution in [0.2, 0.25) is 0 Å². The van der Waals surface area contributed by atoms with Gasteiger partial charge in [-0.1, -0.05) is 6.07 Å². The lowest BCUT2D eigenvalue weighted by Crippen LogP contribution is -2.43. The number of nitrogens with one attached hydrogen (secondary N) is 1.